The largest absolute Gasteiger partial charge is 0.337 e. The fourth-order valence-electron chi connectivity index (χ4n) is 2.93. The van der Waals surface area contributed by atoms with Crippen LogP contribution in [0.25, 0.3) is 0 Å². The maximum Gasteiger partial charge on any atom is 0.319 e. The van der Waals surface area contributed by atoms with Crippen molar-refractivity contribution in [2.24, 2.45) is 0 Å². The molecular formula is C19H19BrFN3O2. The van der Waals surface area contributed by atoms with Gasteiger partial charge in [0.25, 0.3) is 0 Å². The zero-order chi connectivity index (χ0) is 18.5. The van der Waals surface area contributed by atoms with Crippen molar-refractivity contribution in [1.82, 2.24) is 5.32 Å². The normalized spacial score (nSPS) is 13.1. The van der Waals surface area contributed by atoms with Gasteiger partial charge in [-0.15, -0.1) is 0 Å². The summed E-state index contributed by atoms with van der Waals surface area (Å²) in [6.07, 6.45) is 1.85. The molecule has 26 heavy (non-hydrogen) atoms. The fraction of sp³-hybridized carbons (Fsp3) is 0.263. The second-order valence-corrected chi connectivity index (χ2v) is 6.98. The lowest BCUT2D eigenvalue weighted by atomic mass is 10.0. The first kappa shape index (κ1) is 18.4. The Labute approximate surface area is 159 Å². The number of halogens is 2. The molecule has 0 saturated heterocycles. The standard InChI is InChI=1S/C19H19BrFN3O2/c20-14-4-7-16(8-5-14)23-19(26)22-10-9-18(25)24-11-1-2-13-3-6-15(21)12-17(13)24/h3-8,12H,1-2,9-11H2,(H2,22,23,26). The SMILES string of the molecule is O=C(NCCC(=O)N1CCCc2ccc(F)cc21)Nc1ccc(Br)cc1. The summed E-state index contributed by atoms with van der Waals surface area (Å²) >= 11 is 3.33. The lowest BCUT2D eigenvalue weighted by Crippen LogP contribution is -2.38. The molecule has 0 unspecified atom stereocenters. The van der Waals surface area contributed by atoms with Crippen molar-refractivity contribution in [3.8, 4) is 0 Å². The number of anilines is 2. The number of nitrogens with zero attached hydrogens (tertiary/aromatic N) is 1. The number of carbonyl (C=O) groups is 2. The Morgan fingerprint density at radius 1 is 1.15 bits per heavy atom. The molecule has 2 aromatic carbocycles. The summed E-state index contributed by atoms with van der Waals surface area (Å²) in [5.41, 5.74) is 2.28. The molecule has 0 spiro atoms. The van der Waals surface area contributed by atoms with Crippen molar-refractivity contribution in [3.05, 3.63) is 58.3 Å². The molecule has 7 heteroatoms. The average molecular weight is 420 g/mol. The molecule has 2 N–H and O–H groups in total. The van der Waals surface area contributed by atoms with Crippen molar-refractivity contribution < 1.29 is 14.0 Å². The number of urea groups is 1. The van der Waals surface area contributed by atoms with Crippen LogP contribution < -0.4 is 15.5 Å². The van der Waals surface area contributed by atoms with Crippen LogP contribution in [0.5, 0.6) is 0 Å². The molecule has 1 aliphatic heterocycles. The molecule has 0 atom stereocenters. The van der Waals surface area contributed by atoms with Crippen LogP contribution in [0.3, 0.4) is 0 Å². The number of fused-ring (bicyclic) bond motifs is 1. The molecule has 0 saturated carbocycles. The Morgan fingerprint density at radius 3 is 2.69 bits per heavy atom. The number of amides is 3. The van der Waals surface area contributed by atoms with E-state index in [1.54, 1.807) is 23.1 Å². The Hall–Kier alpha value is -2.41. The molecule has 3 amide bonds. The molecule has 0 bridgehead atoms. The highest BCUT2D eigenvalue weighted by Gasteiger charge is 2.22. The third-order valence-electron chi connectivity index (χ3n) is 4.19. The maximum absolute atomic E-state index is 13.5. The van der Waals surface area contributed by atoms with E-state index in [1.807, 2.05) is 12.1 Å². The van der Waals surface area contributed by atoms with Gasteiger partial charge in [-0.05, 0) is 54.8 Å². The third-order valence-corrected chi connectivity index (χ3v) is 4.72. The van der Waals surface area contributed by atoms with Gasteiger partial charge in [0.1, 0.15) is 5.82 Å². The molecule has 0 radical (unpaired) electrons. The minimum absolute atomic E-state index is 0.125. The van der Waals surface area contributed by atoms with Gasteiger partial charge in [0, 0.05) is 35.4 Å². The summed E-state index contributed by atoms with van der Waals surface area (Å²) < 4.78 is 14.4. The van der Waals surface area contributed by atoms with Gasteiger partial charge in [-0.3, -0.25) is 4.79 Å². The van der Waals surface area contributed by atoms with E-state index in [0.29, 0.717) is 17.9 Å². The van der Waals surface area contributed by atoms with Gasteiger partial charge in [-0.25, -0.2) is 9.18 Å². The monoisotopic (exact) mass is 419 g/mol. The van der Waals surface area contributed by atoms with Crippen LogP contribution in [-0.2, 0) is 11.2 Å². The van der Waals surface area contributed by atoms with Crippen molar-refractivity contribution in [2.45, 2.75) is 19.3 Å². The fourth-order valence-corrected chi connectivity index (χ4v) is 3.20. The van der Waals surface area contributed by atoms with Gasteiger partial charge in [0.2, 0.25) is 5.91 Å². The van der Waals surface area contributed by atoms with Crippen molar-refractivity contribution >= 4 is 39.2 Å². The quantitative estimate of drug-likeness (QED) is 0.783. The maximum atomic E-state index is 13.5. The van der Waals surface area contributed by atoms with E-state index < -0.39 is 0 Å². The predicted molar refractivity (Wildman–Crippen MR) is 103 cm³/mol. The highest BCUT2D eigenvalue weighted by Crippen LogP contribution is 2.28. The van der Waals surface area contributed by atoms with Crippen LogP contribution in [0.1, 0.15) is 18.4 Å². The molecule has 3 rings (SSSR count). The first-order chi connectivity index (χ1) is 12.5. The van der Waals surface area contributed by atoms with Gasteiger partial charge in [0.15, 0.2) is 0 Å². The number of rotatable bonds is 4. The van der Waals surface area contributed by atoms with Gasteiger partial charge in [-0.2, -0.15) is 0 Å². The Bertz CT molecular complexity index is 811. The van der Waals surface area contributed by atoms with Crippen molar-refractivity contribution in [2.75, 3.05) is 23.3 Å². The second kappa shape index (κ2) is 8.31. The number of benzene rings is 2. The molecule has 0 fully saturated rings. The lowest BCUT2D eigenvalue weighted by molar-refractivity contribution is -0.118. The van der Waals surface area contributed by atoms with Gasteiger partial charge >= 0.3 is 6.03 Å². The number of aryl methyl sites for hydroxylation is 1. The van der Waals surface area contributed by atoms with Crippen molar-refractivity contribution in [1.29, 1.82) is 0 Å². The molecule has 5 nitrogen and oxygen atoms in total. The Balaban J connectivity index is 1.51. The molecule has 0 aliphatic carbocycles. The topological polar surface area (TPSA) is 61.4 Å². The summed E-state index contributed by atoms with van der Waals surface area (Å²) in [5.74, 6) is -0.476. The Morgan fingerprint density at radius 2 is 1.92 bits per heavy atom. The molecular weight excluding hydrogens is 401 g/mol. The van der Waals surface area contributed by atoms with Gasteiger partial charge < -0.3 is 15.5 Å². The van der Waals surface area contributed by atoms with E-state index in [1.165, 1.54) is 12.1 Å². The zero-order valence-electron chi connectivity index (χ0n) is 14.1. The van der Waals surface area contributed by atoms with Gasteiger partial charge in [0.05, 0.1) is 0 Å². The molecule has 1 heterocycles. The van der Waals surface area contributed by atoms with Crippen LogP contribution in [0, 0.1) is 5.82 Å². The van der Waals surface area contributed by atoms with Crippen LogP contribution in [0.15, 0.2) is 46.9 Å². The first-order valence-corrected chi connectivity index (χ1v) is 9.21. The second-order valence-electron chi connectivity index (χ2n) is 6.06. The predicted octanol–water partition coefficient (Wildman–Crippen LogP) is 4.08. The lowest BCUT2D eigenvalue weighted by Gasteiger charge is -2.29. The zero-order valence-corrected chi connectivity index (χ0v) is 15.7. The highest BCUT2D eigenvalue weighted by molar-refractivity contribution is 9.10. The van der Waals surface area contributed by atoms with Crippen LogP contribution >= 0.6 is 15.9 Å². The van der Waals surface area contributed by atoms with E-state index in [2.05, 4.69) is 26.6 Å². The van der Waals surface area contributed by atoms with E-state index >= 15 is 0 Å². The summed E-state index contributed by atoms with van der Waals surface area (Å²) in [6, 6.07) is 11.4. The van der Waals surface area contributed by atoms with Crippen LogP contribution in [0.4, 0.5) is 20.6 Å². The molecule has 2 aromatic rings. The number of hydrogen-bond donors (Lipinski definition) is 2. The van der Waals surface area contributed by atoms with E-state index in [-0.39, 0.29) is 30.7 Å². The molecule has 136 valence electrons. The molecule has 1 aliphatic rings. The van der Waals surface area contributed by atoms with Crippen LogP contribution in [-0.4, -0.2) is 25.0 Å². The van der Waals surface area contributed by atoms with E-state index in [9.17, 15) is 14.0 Å². The van der Waals surface area contributed by atoms with E-state index in [4.69, 9.17) is 0 Å². The Kier molecular flexibility index (Phi) is 5.88. The van der Waals surface area contributed by atoms with Crippen LogP contribution in [0.2, 0.25) is 0 Å². The third kappa shape index (κ3) is 4.60. The number of carbonyl (C=O) groups excluding carboxylic acids is 2. The van der Waals surface area contributed by atoms with E-state index in [0.717, 1.165) is 22.9 Å². The molecule has 0 aromatic heterocycles. The van der Waals surface area contributed by atoms with Gasteiger partial charge in [-0.1, -0.05) is 22.0 Å². The minimum Gasteiger partial charge on any atom is -0.337 e. The van der Waals surface area contributed by atoms with Crippen molar-refractivity contribution in [3.63, 3.8) is 0 Å². The highest BCUT2D eigenvalue weighted by atomic mass is 79.9. The number of nitrogens with one attached hydrogen (secondary N) is 2. The summed E-state index contributed by atoms with van der Waals surface area (Å²) in [7, 11) is 0. The minimum atomic E-state index is -0.370. The summed E-state index contributed by atoms with van der Waals surface area (Å²) in [4.78, 5) is 26.0. The summed E-state index contributed by atoms with van der Waals surface area (Å²) in [5, 5.41) is 5.37. The first-order valence-electron chi connectivity index (χ1n) is 8.42. The summed E-state index contributed by atoms with van der Waals surface area (Å²) in [6.45, 7) is 0.780. The number of hydrogen-bond acceptors (Lipinski definition) is 2. The smallest absolute Gasteiger partial charge is 0.319 e. The average Bonchev–Trinajstić information content (AvgIpc) is 2.63.